The van der Waals surface area contributed by atoms with Crippen molar-refractivity contribution < 1.29 is 18.3 Å². The van der Waals surface area contributed by atoms with Gasteiger partial charge in [-0.1, -0.05) is 24.3 Å². The molecule has 0 atom stereocenters. The lowest BCUT2D eigenvalue weighted by atomic mass is 10.1. The minimum absolute atomic E-state index is 0.301. The predicted molar refractivity (Wildman–Crippen MR) is 192 cm³/mol. The molecule has 0 aliphatic rings. The number of pyridine rings is 2. The van der Waals surface area contributed by atoms with Crippen molar-refractivity contribution in [3.8, 4) is 22.6 Å². The van der Waals surface area contributed by atoms with Gasteiger partial charge in [0.25, 0.3) is 0 Å². The average molecular weight is 775 g/mol. The van der Waals surface area contributed by atoms with Crippen LogP contribution in [0.5, 0.6) is 0 Å². The third kappa shape index (κ3) is 7.52. The summed E-state index contributed by atoms with van der Waals surface area (Å²) in [7, 11) is 0. The van der Waals surface area contributed by atoms with Crippen molar-refractivity contribution in [3.05, 3.63) is 117 Å². The van der Waals surface area contributed by atoms with Crippen LogP contribution in [0.1, 0.15) is 36.1 Å². The number of nitrogens with zero attached hydrogens (tertiary/aromatic N) is 6. The summed E-state index contributed by atoms with van der Waals surface area (Å²) in [5, 5.41) is 3.80. The first kappa shape index (κ1) is 33.5. The van der Waals surface area contributed by atoms with Crippen molar-refractivity contribution in [3.63, 3.8) is 0 Å². The Morgan fingerprint density at radius 1 is 0.604 bits per heavy atom. The van der Waals surface area contributed by atoms with Crippen LogP contribution in [0.4, 0.5) is 23.4 Å². The number of anilines is 4. The number of benzene rings is 2. The second-order valence-corrected chi connectivity index (χ2v) is 12.5. The Bertz CT molecular complexity index is 1870. The normalized spacial score (nSPS) is 11.2. The summed E-state index contributed by atoms with van der Waals surface area (Å²) in [5.74, 6) is 1.13. The molecule has 0 spiro atoms. The molecule has 0 amide bonds. The summed E-state index contributed by atoms with van der Waals surface area (Å²) in [4.78, 5) is 18.2. The molecule has 2 aromatic carbocycles. The van der Waals surface area contributed by atoms with Gasteiger partial charge in [0, 0.05) is 36.7 Å². The van der Waals surface area contributed by atoms with Gasteiger partial charge in [-0.15, -0.1) is 0 Å². The van der Waals surface area contributed by atoms with E-state index in [0.717, 1.165) is 44.8 Å². The first-order valence-corrected chi connectivity index (χ1v) is 17.0. The number of rotatable bonds is 13. The lowest BCUT2D eigenvalue weighted by Gasteiger charge is -2.34. The number of hydrogen-bond donors (Lipinski definition) is 0. The number of halogens is 2. The zero-order valence-corrected chi connectivity index (χ0v) is 30.2. The molecule has 6 aromatic rings. The maximum Gasteiger partial charge on any atom is 0.322 e. The fraction of sp³-hybridized carbons (Fsp3) is 0.222. The van der Waals surface area contributed by atoms with Crippen LogP contribution in [0.25, 0.3) is 22.6 Å². The Morgan fingerprint density at radius 3 is 1.44 bits per heavy atom. The molecule has 0 aliphatic heterocycles. The Hall–Kier alpha value is -4.36. The Morgan fingerprint density at radius 2 is 1.04 bits per heavy atom. The second-order valence-electron chi connectivity index (χ2n) is 10.9. The van der Waals surface area contributed by atoms with E-state index < -0.39 is 0 Å². The van der Waals surface area contributed by atoms with Gasteiger partial charge in [-0.05, 0) is 118 Å². The van der Waals surface area contributed by atoms with Gasteiger partial charge >= 0.3 is 12.0 Å². The molecule has 4 heterocycles. The number of oxazole rings is 2. The van der Waals surface area contributed by atoms with E-state index in [0.29, 0.717) is 59.2 Å². The molecule has 0 bridgehead atoms. The van der Waals surface area contributed by atoms with Gasteiger partial charge < -0.3 is 18.3 Å². The predicted octanol–water partition coefficient (Wildman–Crippen LogP) is 9.89. The maximum atomic E-state index is 6.57. The highest BCUT2D eigenvalue weighted by Gasteiger charge is 2.32. The van der Waals surface area contributed by atoms with E-state index in [-0.39, 0.29) is 0 Å². The number of aromatic nitrogens is 4. The molecule has 0 unspecified atom stereocenters. The standard InChI is InChI=1S/C36H34Br2N6O4/c1-5-45-21-25-9-7-23(3)29(15-25)43(35-41-19-31(47-35)27-11-13-39-33(37)17-27)44(30-16-26(22-46-6-2)10-8-24(30)4)36-42-20-32(48-36)28-12-14-40-34(38)18-28/h7-20H,5-6,21-22H2,1-4H3. The van der Waals surface area contributed by atoms with Crippen molar-refractivity contribution >= 4 is 55.3 Å². The van der Waals surface area contributed by atoms with Crippen LogP contribution in [-0.2, 0) is 22.7 Å². The molecular weight excluding hydrogens is 740 g/mol. The molecular formula is C36H34Br2N6O4. The average Bonchev–Trinajstić information content (AvgIpc) is 3.78. The summed E-state index contributed by atoms with van der Waals surface area (Å²) in [5.41, 5.74) is 7.17. The van der Waals surface area contributed by atoms with Crippen LogP contribution in [0.3, 0.4) is 0 Å². The summed E-state index contributed by atoms with van der Waals surface area (Å²) in [6, 6.07) is 20.5. The summed E-state index contributed by atoms with van der Waals surface area (Å²) in [6.45, 7) is 10.1. The largest absolute Gasteiger partial charge is 0.422 e. The first-order valence-electron chi connectivity index (χ1n) is 15.4. The van der Waals surface area contributed by atoms with Crippen LogP contribution in [0.2, 0.25) is 0 Å². The van der Waals surface area contributed by atoms with Crippen molar-refractivity contribution in [1.82, 2.24) is 19.9 Å². The SMILES string of the molecule is CCOCc1ccc(C)c(N(c2ncc(-c3ccnc(Br)c3)o2)N(c2ncc(-c3ccnc(Br)c3)o2)c2cc(COCC)ccc2C)c1. The van der Waals surface area contributed by atoms with Gasteiger partial charge in [0.2, 0.25) is 0 Å². The molecule has 6 rings (SSSR count). The molecule has 0 fully saturated rings. The molecule has 4 aromatic heterocycles. The highest BCUT2D eigenvalue weighted by atomic mass is 79.9. The van der Waals surface area contributed by atoms with Gasteiger partial charge in [0.05, 0.1) is 37.0 Å². The van der Waals surface area contributed by atoms with E-state index in [4.69, 9.17) is 28.3 Å². The highest BCUT2D eigenvalue weighted by molar-refractivity contribution is 9.10. The monoisotopic (exact) mass is 772 g/mol. The van der Waals surface area contributed by atoms with E-state index in [1.54, 1.807) is 24.8 Å². The zero-order chi connectivity index (χ0) is 33.6. The Labute approximate surface area is 296 Å². The zero-order valence-electron chi connectivity index (χ0n) is 27.0. The topological polar surface area (TPSA) is 103 Å². The van der Waals surface area contributed by atoms with Crippen molar-refractivity contribution in [2.24, 2.45) is 0 Å². The molecule has 12 heteroatoms. The fourth-order valence-electron chi connectivity index (χ4n) is 5.08. The Kier molecular flexibility index (Phi) is 10.7. The van der Waals surface area contributed by atoms with Gasteiger partial charge in [0.1, 0.15) is 9.21 Å². The van der Waals surface area contributed by atoms with Crippen LogP contribution in [0, 0.1) is 13.8 Å². The van der Waals surface area contributed by atoms with Gasteiger partial charge in [-0.3, -0.25) is 0 Å². The molecule has 0 saturated carbocycles. The van der Waals surface area contributed by atoms with Crippen LogP contribution in [0.15, 0.2) is 103 Å². The number of hydrazine groups is 1. The molecule has 0 aliphatic carbocycles. The quantitative estimate of drug-likeness (QED) is 0.0833. The lowest BCUT2D eigenvalue weighted by Crippen LogP contribution is -2.37. The van der Waals surface area contributed by atoms with Crippen molar-refractivity contribution in [2.45, 2.75) is 40.9 Å². The van der Waals surface area contributed by atoms with Crippen LogP contribution < -0.4 is 10.0 Å². The molecule has 0 N–H and O–H groups in total. The van der Waals surface area contributed by atoms with Crippen molar-refractivity contribution in [1.29, 1.82) is 0 Å². The van der Waals surface area contributed by atoms with E-state index >= 15 is 0 Å². The highest BCUT2D eigenvalue weighted by Crippen LogP contribution is 2.41. The minimum atomic E-state index is 0.301. The van der Waals surface area contributed by atoms with E-state index in [2.05, 4.69) is 78.2 Å². The van der Waals surface area contributed by atoms with Crippen LogP contribution >= 0.6 is 31.9 Å². The number of hydrogen-bond acceptors (Lipinski definition) is 10. The van der Waals surface area contributed by atoms with E-state index in [1.165, 1.54) is 0 Å². The lowest BCUT2D eigenvalue weighted by molar-refractivity contribution is 0.134. The second kappa shape index (κ2) is 15.2. The summed E-state index contributed by atoms with van der Waals surface area (Å²) < 4.78 is 26.1. The first-order chi connectivity index (χ1) is 23.3. The third-order valence-corrected chi connectivity index (χ3v) is 8.39. The van der Waals surface area contributed by atoms with Gasteiger partial charge in [0.15, 0.2) is 11.5 Å². The van der Waals surface area contributed by atoms with Crippen molar-refractivity contribution in [2.75, 3.05) is 23.2 Å². The minimum Gasteiger partial charge on any atom is -0.422 e. The number of aryl methyl sites for hydroxylation is 2. The molecule has 48 heavy (non-hydrogen) atoms. The van der Waals surface area contributed by atoms with E-state index in [1.807, 2.05) is 62.0 Å². The van der Waals surface area contributed by atoms with Gasteiger partial charge in [-0.2, -0.15) is 20.0 Å². The third-order valence-electron chi connectivity index (χ3n) is 7.52. The molecule has 10 nitrogen and oxygen atoms in total. The fourth-order valence-corrected chi connectivity index (χ4v) is 5.81. The Balaban J connectivity index is 1.59. The number of ether oxygens (including phenoxy) is 2. The smallest absolute Gasteiger partial charge is 0.322 e. The summed E-state index contributed by atoms with van der Waals surface area (Å²) in [6.07, 6.45) is 6.84. The maximum absolute atomic E-state index is 6.57. The van der Waals surface area contributed by atoms with Crippen LogP contribution in [-0.4, -0.2) is 33.1 Å². The van der Waals surface area contributed by atoms with Gasteiger partial charge in [-0.25, -0.2) is 9.97 Å². The molecule has 0 saturated heterocycles. The molecule has 0 radical (unpaired) electrons. The molecule has 246 valence electrons. The summed E-state index contributed by atoms with van der Waals surface area (Å²) >= 11 is 6.94. The van der Waals surface area contributed by atoms with E-state index in [9.17, 15) is 0 Å².